The van der Waals surface area contributed by atoms with Gasteiger partial charge >= 0.3 is 0 Å². The summed E-state index contributed by atoms with van der Waals surface area (Å²) >= 11 is 1.33. The molecule has 2 aliphatic rings. The van der Waals surface area contributed by atoms with Crippen molar-refractivity contribution >= 4 is 28.9 Å². The SMILES string of the molecule is O=C(NC(Cc1ccncc1)C(=O)N1CCC2OCC(=O)C21)c1csc(-c2cccnc2)n1. The molecule has 0 aromatic carbocycles. The molecular formula is C23H21N5O4S. The molecule has 168 valence electrons. The van der Waals surface area contributed by atoms with Crippen LogP contribution in [0.2, 0.25) is 0 Å². The summed E-state index contributed by atoms with van der Waals surface area (Å²) in [6.45, 7) is 0.445. The van der Waals surface area contributed by atoms with Crippen LogP contribution in [0.5, 0.6) is 0 Å². The standard InChI is InChI=1S/C23H21N5O4S/c29-18-12-32-19-5-9-28(20(18)19)23(31)16(10-14-3-7-24-8-4-14)26-21(30)17-13-33-22(27-17)15-2-1-6-25-11-15/h1-4,6-8,11,13,16,19-20H,5,9-10,12H2,(H,26,30). The number of likely N-dealkylation sites (tertiary alicyclic amines) is 1. The molecule has 0 saturated carbocycles. The number of carbonyl (C=O) groups excluding carboxylic acids is 3. The van der Waals surface area contributed by atoms with Gasteiger partial charge < -0.3 is 15.0 Å². The number of nitrogens with one attached hydrogen (secondary N) is 1. The van der Waals surface area contributed by atoms with E-state index in [1.165, 1.54) is 11.3 Å². The molecule has 3 aromatic heterocycles. The van der Waals surface area contributed by atoms with Crippen molar-refractivity contribution in [2.75, 3.05) is 13.2 Å². The first kappa shape index (κ1) is 21.4. The number of nitrogens with zero attached hydrogens (tertiary/aromatic N) is 4. The van der Waals surface area contributed by atoms with E-state index in [1.54, 1.807) is 53.3 Å². The van der Waals surface area contributed by atoms with E-state index in [9.17, 15) is 14.4 Å². The predicted octanol–water partition coefficient (Wildman–Crippen LogP) is 1.51. The highest BCUT2D eigenvalue weighted by Gasteiger charge is 2.48. The first-order valence-electron chi connectivity index (χ1n) is 10.6. The molecule has 3 aromatic rings. The van der Waals surface area contributed by atoms with Crippen molar-refractivity contribution in [2.24, 2.45) is 0 Å². The maximum absolute atomic E-state index is 13.5. The second kappa shape index (κ2) is 9.16. The van der Waals surface area contributed by atoms with Crippen molar-refractivity contribution in [1.82, 2.24) is 25.2 Å². The van der Waals surface area contributed by atoms with Crippen molar-refractivity contribution in [3.05, 3.63) is 65.7 Å². The molecular weight excluding hydrogens is 442 g/mol. The van der Waals surface area contributed by atoms with Crippen LogP contribution in [-0.4, -0.2) is 68.8 Å². The summed E-state index contributed by atoms with van der Waals surface area (Å²) in [5.74, 6) is -0.840. The van der Waals surface area contributed by atoms with Gasteiger partial charge in [-0.3, -0.25) is 24.4 Å². The van der Waals surface area contributed by atoms with Gasteiger partial charge in [-0.15, -0.1) is 11.3 Å². The molecule has 2 aliphatic heterocycles. The molecule has 5 rings (SSSR count). The van der Waals surface area contributed by atoms with Gasteiger partial charge in [0.25, 0.3) is 5.91 Å². The zero-order chi connectivity index (χ0) is 22.8. The minimum Gasteiger partial charge on any atom is -0.368 e. The third kappa shape index (κ3) is 4.39. The molecule has 2 amide bonds. The second-order valence-electron chi connectivity index (χ2n) is 7.95. The smallest absolute Gasteiger partial charge is 0.271 e. The number of Topliss-reactive ketones (excluding diaryl/α,β-unsaturated/α-hetero) is 1. The average Bonchev–Trinajstić information content (AvgIpc) is 3.58. The maximum atomic E-state index is 13.5. The average molecular weight is 464 g/mol. The van der Waals surface area contributed by atoms with Crippen molar-refractivity contribution in [3.8, 4) is 10.6 Å². The molecule has 3 unspecified atom stereocenters. The lowest BCUT2D eigenvalue weighted by Gasteiger charge is -2.27. The molecule has 2 fully saturated rings. The van der Waals surface area contributed by atoms with Gasteiger partial charge in [-0.1, -0.05) is 0 Å². The summed E-state index contributed by atoms with van der Waals surface area (Å²) in [5.41, 5.74) is 1.89. The monoisotopic (exact) mass is 463 g/mol. The Kier molecular flexibility index (Phi) is 5.93. The van der Waals surface area contributed by atoms with E-state index >= 15 is 0 Å². The molecule has 10 heteroatoms. The van der Waals surface area contributed by atoms with Gasteiger partial charge in [-0.25, -0.2) is 4.98 Å². The number of aromatic nitrogens is 3. The van der Waals surface area contributed by atoms with Crippen molar-refractivity contribution < 1.29 is 19.1 Å². The van der Waals surface area contributed by atoms with Crippen LogP contribution < -0.4 is 5.32 Å². The van der Waals surface area contributed by atoms with Crippen LogP contribution in [0, 0.1) is 0 Å². The fourth-order valence-electron chi connectivity index (χ4n) is 4.23. The minimum absolute atomic E-state index is 0.0242. The lowest BCUT2D eigenvalue weighted by atomic mass is 10.0. The Balaban J connectivity index is 1.37. The van der Waals surface area contributed by atoms with Crippen LogP contribution in [0.3, 0.4) is 0 Å². The van der Waals surface area contributed by atoms with E-state index in [0.717, 1.165) is 11.1 Å². The quantitative estimate of drug-likeness (QED) is 0.589. The van der Waals surface area contributed by atoms with E-state index in [2.05, 4.69) is 20.3 Å². The summed E-state index contributed by atoms with van der Waals surface area (Å²) in [6, 6.07) is 5.84. The van der Waals surface area contributed by atoms with Gasteiger partial charge in [0.1, 0.15) is 29.4 Å². The van der Waals surface area contributed by atoms with Crippen LogP contribution in [0.1, 0.15) is 22.5 Å². The number of fused-ring (bicyclic) bond motifs is 1. The Morgan fingerprint density at radius 2 is 2.06 bits per heavy atom. The van der Waals surface area contributed by atoms with Crippen molar-refractivity contribution in [2.45, 2.75) is 31.0 Å². The fourth-order valence-corrected chi connectivity index (χ4v) is 5.02. The third-order valence-corrected chi connectivity index (χ3v) is 6.72. The van der Waals surface area contributed by atoms with Gasteiger partial charge in [-0.2, -0.15) is 0 Å². The summed E-state index contributed by atoms with van der Waals surface area (Å²) in [7, 11) is 0. The highest BCUT2D eigenvalue weighted by Crippen LogP contribution is 2.28. The zero-order valence-electron chi connectivity index (χ0n) is 17.6. The summed E-state index contributed by atoms with van der Waals surface area (Å²) in [4.78, 5) is 52.9. The number of rotatable bonds is 6. The topological polar surface area (TPSA) is 114 Å². The van der Waals surface area contributed by atoms with E-state index < -0.39 is 18.0 Å². The molecule has 3 atom stereocenters. The molecule has 0 radical (unpaired) electrons. The number of amides is 2. The van der Waals surface area contributed by atoms with E-state index in [0.29, 0.717) is 18.0 Å². The number of ether oxygens (including phenoxy) is 1. The van der Waals surface area contributed by atoms with E-state index in [1.807, 2.05) is 6.07 Å². The largest absolute Gasteiger partial charge is 0.368 e. The van der Waals surface area contributed by atoms with Crippen LogP contribution in [0.25, 0.3) is 10.6 Å². The second-order valence-corrected chi connectivity index (χ2v) is 8.80. The first-order chi connectivity index (χ1) is 16.1. The first-order valence-corrected chi connectivity index (χ1v) is 11.5. The number of hydrogen-bond donors (Lipinski definition) is 1. The Morgan fingerprint density at radius 1 is 1.21 bits per heavy atom. The molecule has 1 N–H and O–H groups in total. The third-order valence-electron chi connectivity index (χ3n) is 5.83. The van der Waals surface area contributed by atoms with Gasteiger partial charge in [0, 0.05) is 48.7 Å². The highest BCUT2D eigenvalue weighted by molar-refractivity contribution is 7.13. The Morgan fingerprint density at radius 3 is 2.85 bits per heavy atom. The fraction of sp³-hybridized carbons (Fsp3) is 0.304. The summed E-state index contributed by atoms with van der Waals surface area (Å²) in [6.07, 6.45) is 7.25. The lowest BCUT2D eigenvalue weighted by molar-refractivity contribution is -0.138. The molecule has 0 aliphatic carbocycles. The number of hydrogen-bond acceptors (Lipinski definition) is 8. The van der Waals surface area contributed by atoms with Gasteiger partial charge in [0.2, 0.25) is 5.91 Å². The highest BCUT2D eigenvalue weighted by atomic mass is 32.1. The molecule has 9 nitrogen and oxygen atoms in total. The number of carbonyl (C=O) groups is 3. The summed E-state index contributed by atoms with van der Waals surface area (Å²) < 4.78 is 5.51. The maximum Gasteiger partial charge on any atom is 0.271 e. The van der Waals surface area contributed by atoms with Gasteiger partial charge in [0.15, 0.2) is 5.78 Å². The van der Waals surface area contributed by atoms with Crippen molar-refractivity contribution in [3.63, 3.8) is 0 Å². The number of ketones is 1. The molecule has 0 bridgehead atoms. The normalized spacial score (nSPS) is 20.5. The van der Waals surface area contributed by atoms with Crippen LogP contribution in [0.4, 0.5) is 0 Å². The van der Waals surface area contributed by atoms with Crippen LogP contribution in [0.15, 0.2) is 54.4 Å². The van der Waals surface area contributed by atoms with Gasteiger partial charge in [0.05, 0.1) is 6.10 Å². The molecule has 0 spiro atoms. The Labute approximate surface area is 193 Å². The van der Waals surface area contributed by atoms with Crippen LogP contribution in [-0.2, 0) is 20.7 Å². The minimum atomic E-state index is -0.851. The number of thiazole rings is 1. The molecule has 5 heterocycles. The van der Waals surface area contributed by atoms with Gasteiger partial charge in [-0.05, 0) is 36.2 Å². The van der Waals surface area contributed by atoms with E-state index in [-0.39, 0.29) is 36.5 Å². The van der Waals surface area contributed by atoms with E-state index in [4.69, 9.17) is 4.74 Å². The Bertz CT molecular complexity index is 1170. The summed E-state index contributed by atoms with van der Waals surface area (Å²) in [5, 5.41) is 5.17. The molecule has 2 saturated heterocycles. The Hall–Kier alpha value is -3.50. The van der Waals surface area contributed by atoms with Crippen LogP contribution >= 0.6 is 11.3 Å². The molecule has 33 heavy (non-hydrogen) atoms. The van der Waals surface area contributed by atoms with Crippen molar-refractivity contribution in [1.29, 1.82) is 0 Å². The zero-order valence-corrected chi connectivity index (χ0v) is 18.4. The number of pyridine rings is 2. The predicted molar refractivity (Wildman–Crippen MR) is 119 cm³/mol. The lowest BCUT2D eigenvalue weighted by Crippen LogP contribution is -2.53.